The highest BCUT2D eigenvalue weighted by Gasteiger charge is 2.46. The van der Waals surface area contributed by atoms with Crippen LogP contribution in [0.2, 0.25) is 0 Å². The van der Waals surface area contributed by atoms with Gasteiger partial charge in [-0.1, -0.05) is 0 Å². The number of rotatable bonds is 11. The number of aromatic hydroxyl groups is 1. The van der Waals surface area contributed by atoms with Crippen LogP contribution in [0.25, 0.3) is 22.1 Å². The number of hydrogen-bond acceptors (Lipinski definition) is 16. The molecule has 0 unspecified atom stereocenters. The van der Waals surface area contributed by atoms with Crippen molar-refractivity contribution in [2.45, 2.75) is 55.1 Å². The molecule has 2 aromatic carbocycles. The Balaban J connectivity index is 1.40. The fourth-order valence-corrected chi connectivity index (χ4v) is 5.39. The quantitative estimate of drug-likeness (QED) is 0.130. The van der Waals surface area contributed by atoms with Crippen molar-refractivity contribution in [3.05, 3.63) is 40.8 Å². The van der Waals surface area contributed by atoms with Gasteiger partial charge in [0, 0.05) is 12.1 Å². The first-order valence-corrected chi connectivity index (χ1v) is 14.2. The molecule has 1 aromatic heterocycles. The molecule has 2 fully saturated rings. The molecule has 7 N–H and O–H groups in total. The second kappa shape index (κ2) is 14.0. The minimum absolute atomic E-state index is 0.00971. The van der Waals surface area contributed by atoms with Crippen LogP contribution < -0.4 is 24.4 Å². The maximum absolute atomic E-state index is 13.5. The third kappa shape index (κ3) is 6.31. The van der Waals surface area contributed by atoms with E-state index in [9.17, 15) is 40.5 Å². The lowest BCUT2D eigenvalue weighted by Gasteiger charge is -2.40. The van der Waals surface area contributed by atoms with Crippen LogP contribution >= 0.6 is 0 Å². The molecule has 46 heavy (non-hydrogen) atoms. The van der Waals surface area contributed by atoms with Gasteiger partial charge >= 0.3 is 0 Å². The lowest BCUT2D eigenvalue weighted by Crippen LogP contribution is -2.60. The van der Waals surface area contributed by atoms with Gasteiger partial charge in [0.2, 0.25) is 17.5 Å². The number of phenols is 1. The van der Waals surface area contributed by atoms with Crippen molar-refractivity contribution < 1.29 is 73.3 Å². The fourth-order valence-electron chi connectivity index (χ4n) is 5.39. The van der Waals surface area contributed by atoms with Gasteiger partial charge in [-0.3, -0.25) is 4.79 Å². The molecule has 0 spiro atoms. The van der Waals surface area contributed by atoms with Crippen molar-refractivity contribution in [2.75, 3.05) is 41.2 Å². The molecule has 0 bridgehead atoms. The van der Waals surface area contributed by atoms with E-state index in [1.807, 2.05) is 0 Å². The first kappa shape index (κ1) is 33.6. The van der Waals surface area contributed by atoms with E-state index in [0.29, 0.717) is 0 Å². The van der Waals surface area contributed by atoms with E-state index < -0.39 is 67.2 Å². The van der Waals surface area contributed by atoms with Crippen LogP contribution in [0.3, 0.4) is 0 Å². The maximum Gasteiger partial charge on any atom is 0.229 e. The van der Waals surface area contributed by atoms with Crippen LogP contribution in [0, 0.1) is 0 Å². The van der Waals surface area contributed by atoms with Crippen molar-refractivity contribution in [1.82, 2.24) is 0 Å². The SMILES string of the molecule is COc1cc(O)c2c(=O)c(-c3cc(OC)c(OC)c(O[C@@H]4O[C@H](COC[C@@H]5O[C@@H](CO)[C@H](O)[C@H]5O)[C@@H](O)[C@H](O)[C@H]4O)c3)coc2c1. The second-order valence-electron chi connectivity index (χ2n) is 10.8. The first-order chi connectivity index (χ1) is 22.0. The molecule has 0 radical (unpaired) electrons. The molecular formula is C30H36O16. The summed E-state index contributed by atoms with van der Waals surface area (Å²) in [6.07, 6.45) is -11.4. The van der Waals surface area contributed by atoms with E-state index in [1.165, 1.54) is 51.9 Å². The van der Waals surface area contributed by atoms with E-state index in [1.54, 1.807) is 0 Å². The average Bonchev–Trinajstić information content (AvgIpc) is 3.33. The Morgan fingerprint density at radius 2 is 1.41 bits per heavy atom. The maximum atomic E-state index is 13.5. The Hall–Kier alpha value is -3.71. The van der Waals surface area contributed by atoms with Crippen LogP contribution in [0.15, 0.2) is 39.7 Å². The molecule has 0 amide bonds. The Morgan fingerprint density at radius 3 is 2.04 bits per heavy atom. The summed E-state index contributed by atoms with van der Waals surface area (Å²) in [5.74, 6) is -0.0207. The van der Waals surface area contributed by atoms with Gasteiger partial charge in [0.15, 0.2) is 11.5 Å². The first-order valence-electron chi connectivity index (χ1n) is 14.2. The van der Waals surface area contributed by atoms with Crippen LogP contribution in [-0.4, -0.2) is 132 Å². The number of ether oxygens (including phenoxy) is 7. The molecule has 0 saturated carbocycles. The van der Waals surface area contributed by atoms with E-state index >= 15 is 0 Å². The van der Waals surface area contributed by atoms with Crippen molar-refractivity contribution >= 4 is 11.0 Å². The van der Waals surface area contributed by atoms with Gasteiger partial charge in [0.25, 0.3) is 0 Å². The van der Waals surface area contributed by atoms with E-state index in [2.05, 4.69) is 0 Å². The summed E-state index contributed by atoms with van der Waals surface area (Å²) < 4.78 is 44.2. The van der Waals surface area contributed by atoms with Crippen LogP contribution in [-0.2, 0) is 14.2 Å². The highest BCUT2D eigenvalue weighted by Crippen LogP contribution is 2.43. The highest BCUT2D eigenvalue weighted by atomic mass is 16.7. The summed E-state index contributed by atoms with van der Waals surface area (Å²) in [4.78, 5) is 13.5. The average molecular weight is 653 g/mol. The Kier molecular flexibility index (Phi) is 10.2. The summed E-state index contributed by atoms with van der Waals surface area (Å²) in [5, 5.41) is 71.6. The number of aliphatic hydroxyl groups is 6. The summed E-state index contributed by atoms with van der Waals surface area (Å²) in [7, 11) is 4.07. The largest absolute Gasteiger partial charge is 0.507 e. The van der Waals surface area contributed by atoms with Gasteiger partial charge in [0.05, 0.1) is 46.7 Å². The molecular weight excluding hydrogens is 616 g/mol. The summed E-state index contributed by atoms with van der Waals surface area (Å²) in [5.41, 5.74) is -0.280. The molecule has 16 heteroatoms. The number of fused-ring (bicyclic) bond motifs is 1. The molecule has 2 aliphatic heterocycles. The van der Waals surface area contributed by atoms with Crippen LogP contribution in [0.1, 0.15) is 0 Å². The third-order valence-corrected chi connectivity index (χ3v) is 7.94. The van der Waals surface area contributed by atoms with Crippen molar-refractivity contribution in [1.29, 1.82) is 0 Å². The normalized spacial score (nSPS) is 29.5. The third-order valence-electron chi connectivity index (χ3n) is 7.94. The molecule has 2 saturated heterocycles. The number of aliphatic hydroxyl groups excluding tert-OH is 6. The molecule has 5 rings (SSSR count). The van der Waals surface area contributed by atoms with E-state index in [0.717, 1.165) is 0 Å². The van der Waals surface area contributed by atoms with Crippen molar-refractivity contribution in [3.8, 4) is 39.9 Å². The minimum atomic E-state index is -1.76. The monoisotopic (exact) mass is 652 g/mol. The fraction of sp³-hybridized carbons (Fsp3) is 0.500. The molecule has 9 atom stereocenters. The second-order valence-corrected chi connectivity index (χ2v) is 10.8. The zero-order valence-electron chi connectivity index (χ0n) is 25.0. The van der Waals surface area contributed by atoms with Gasteiger partial charge in [-0.15, -0.1) is 0 Å². The van der Waals surface area contributed by atoms with E-state index in [-0.39, 0.29) is 64.1 Å². The van der Waals surface area contributed by atoms with Gasteiger partial charge in [0.1, 0.15) is 77.6 Å². The van der Waals surface area contributed by atoms with Gasteiger partial charge in [-0.2, -0.15) is 0 Å². The Labute approximate surface area is 261 Å². The topological polar surface area (TPSA) is 236 Å². The molecule has 3 aromatic rings. The van der Waals surface area contributed by atoms with Crippen LogP contribution in [0.5, 0.6) is 28.7 Å². The zero-order valence-corrected chi connectivity index (χ0v) is 25.0. The van der Waals surface area contributed by atoms with Crippen molar-refractivity contribution in [2.24, 2.45) is 0 Å². The number of phenolic OH excluding ortho intramolecular Hbond substituents is 1. The number of methoxy groups -OCH3 is 3. The Bertz CT molecular complexity index is 1570. The van der Waals surface area contributed by atoms with Gasteiger partial charge < -0.3 is 73.3 Å². The lowest BCUT2D eigenvalue weighted by molar-refractivity contribution is -0.280. The molecule has 3 heterocycles. The highest BCUT2D eigenvalue weighted by molar-refractivity contribution is 5.88. The molecule has 2 aliphatic rings. The smallest absolute Gasteiger partial charge is 0.229 e. The van der Waals surface area contributed by atoms with E-state index in [4.69, 9.17) is 37.6 Å². The number of hydrogen-bond donors (Lipinski definition) is 7. The standard InChI is InChI=1S/C30H36O16/c1-39-13-6-15(32)22-16(7-13)43-9-14(23(22)33)12-4-17(40-2)29(41-3)18(5-12)45-30-28(38)27(37)26(36)21(46-30)11-42-10-20-25(35)24(34)19(8-31)44-20/h4-7,9,19-21,24-28,30-32,34-38H,8,10-11H2,1-3H3/t19-,20-,21+,24-,25-,26+,27-,28+,30+/m0/s1. The summed E-state index contributed by atoms with van der Waals surface area (Å²) in [6.45, 7) is -1.12. The number of benzene rings is 2. The predicted octanol–water partition coefficient (Wildman–Crippen LogP) is -1.12. The molecule has 16 nitrogen and oxygen atoms in total. The predicted molar refractivity (Wildman–Crippen MR) is 155 cm³/mol. The Morgan fingerprint density at radius 1 is 0.761 bits per heavy atom. The van der Waals surface area contributed by atoms with Gasteiger partial charge in [-0.25, -0.2) is 0 Å². The molecule has 252 valence electrons. The lowest BCUT2D eigenvalue weighted by atomic mass is 9.99. The van der Waals surface area contributed by atoms with Crippen LogP contribution in [0.4, 0.5) is 0 Å². The van der Waals surface area contributed by atoms with Crippen molar-refractivity contribution in [3.63, 3.8) is 0 Å². The minimum Gasteiger partial charge on any atom is -0.507 e. The summed E-state index contributed by atoms with van der Waals surface area (Å²) >= 11 is 0. The summed E-state index contributed by atoms with van der Waals surface area (Å²) in [6, 6.07) is 5.56. The zero-order chi connectivity index (χ0) is 33.3. The molecule has 0 aliphatic carbocycles. The van der Waals surface area contributed by atoms with Gasteiger partial charge in [-0.05, 0) is 17.7 Å².